The second kappa shape index (κ2) is 6.92. The minimum atomic E-state index is -0.405. The van der Waals surface area contributed by atoms with Gasteiger partial charge in [-0.15, -0.1) is 5.10 Å². The molecule has 0 amide bonds. The molecule has 3 heterocycles. The van der Waals surface area contributed by atoms with E-state index in [4.69, 9.17) is 32.7 Å². The van der Waals surface area contributed by atoms with Crippen LogP contribution in [0.3, 0.4) is 0 Å². The SMILES string of the molecule is Clc1ccc(Nc2nncc(N3CCC4(CC3)OCCO4)n2)cc1Cl. The third-order valence-corrected chi connectivity index (χ3v) is 5.12. The number of benzene rings is 1. The number of hydrogen-bond acceptors (Lipinski definition) is 7. The number of nitrogens with one attached hydrogen (secondary N) is 1. The Kier molecular flexibility index (Phi) is 4.64. The first-order valence-corrected chi connectivity index (χ1v) is 8.84. The fraction of sp³-hybridized carbons (Fsp3) is 0.438. The van der Waals surface area contributed by atoms with Crippen LogP contribution in [0.25, 0.3) is 0 Å². The Balaban J connectivity index is 1.45. The average molecular weight is 382 g/mol. The second-order valence-corrected chi connectivity index (χ2v) is 6.80. The van der Waals surface area contributed by atoms with E-state index in [1.807, 2.05) is 6.07 Å². The zero-order chi connectivity index (χ0) is 17.3. The highest BCUT2D eigenvalue weighted by atomic mass is 35.5. The fourth-order valence-corrected chi connectivity index (χ4v) is 3.36. The van der Waals surface area contributed by atoms with Gasteiger partial charge in [0, 0.05) is 31.6 Å². The molecule has 2 aliphatic rings. The first-order chi connectivity index (χ1) is 12.1. The van der Waals surface area contributed by atoms with Crippen molar-refractivity contribution in [2.24, 2.45) is 0 Å². The van der Waals surface area contributed by atoms with Crippen LogP contribution >= 0.6 is 23.2 Å². The molecule has 0 atom stereocenters. The average Bonchev–Trinajstić information content (AvgIpc) is 3.07. The van der Waals surface area contributed by atoms with Crippen LogP contribution in [0.15, 0.2) is 24.4 Å². The van der Waals surface area contributed by atoms with Gasteiger partial charge in [0.1, 0.15) is 0 Å². The summed E-state index contributed by atoms with van der Waals surface area (Å²) >= 11 is 12.0. The maximum Gasteiger partial charge on any atom is 0.249 e. The number of aromatic nitrogens is 3. The highest BCUT2D eigenvalue weighted by Gasteiger charge is 2.40. The minimum absolute atomic E-state index is 0.405. The van der Waals surface area contributed by atoms with Gasteiger partial charge >= 0.3 is 0 Å². The molecule has 0 radical (unpaired) electrons. The maximum absolute atomic E-state index is 6.03. The summed E-state index contributed by atoms with van der Waals surface area (Å²) in [6.07, 6.45) is 3.29. The molecule has 7 nitrogen and oxygen atoms in total. The van der Waals surface area contributed by atoms with Crippen LogP contribution < -0.4 is 10.2 Å². The number of nitrogens with zero attached hydrogens (tertiary/aromatic N) is 4. The molecule has 0 aliphatic carbocycles. The molecule has 0 unspecified atom stereocenters. The van der Waals surface area contributed by atoms with E-state index in [2.05, 4.69) is 25.4 Å². The van der Waals surface area contributed by atoms with Gasteiger partial charge in [0.2, 0.25) is 5.95 Å². The predicted molar refractivity (Wildman–Crippen MR) is 95.7 cm³/mol. The van der Waals surface area contributed by atoms with Gasteiger partial charge in [-0.1, -0.05) is 23.2 Å². The van der Waals surface area contributed by atoms with E-state index in [0.717, 1.165) is 37.4 Å². The van der Waals surface area contributed by atoms with Gasteiger partial charge in [-0.25, -0.2) is 0 Å². The summed E-state index contributed by atoms with van der Waals surface area (Å²) in [6, 6.07) is 5.25. The maximum atomic E-state index is 6.03. The number of halogens is 2. The van der Waals surface area contributed by atoms with Gasteiger partial charge in [0.25, 0.3) is 0 Å². The predicted octanol–water partition coefficient (Wildman–Crippen LogP) is 3.27. The number of ether oxygens (including phenoxy) is 2. The van der Waals surface area contributed by atoms with E-state index in [0.29, 0.717) is 29.2 Å². The van der Waals surface area contributed by atoms with Crippen molar-refractivity contribution in [2.45, 2.75) is 18.6 Å². The first-order valence-electron chi connectivity index (χ1n) is 8.08. The van der Waals surface area contributed by atoms with Crippen LogP contribution in [0.5, 0.6) is 0 Å². The number of rotatable bonds is 3. The lowest BCUT2D eigenvalue weighted by Gasteiger charge is -2.37. The van der Waals surface area contributed by atoms with Crippen molar-refractivity contribution in [1.29, 1.82) is 0 Å². The molecule has 132 valence electrons. The molecule has 4 rings (SSSR count). The lowest BCUT2D eigenvalue weighted by molar-refractivity contribution is -0.169. The largest absolute Gasteiger partial charge is 0.355 e. The fourth-order valence-electron chi connectivity index (χ4n) is 3.07. The van der Waals surface area contributed by atoms with E-state index in [1.165, 1.54) is 0 Å². The molecular weight excluding hydrogens is 365 g/mol. The van der Waals surface area contributed by atoms with E-state index >= 15 is 0 Å². The van der Waals surface area contributed by atoms with Gasteiger partial charge < -0.3 is 19.7 Å². The van der Waals surface area contributed by atoms with Crippen molar-refractivity contribution in [1.82, 2.24) is 15.2 Å². The highest BCUT2D eigenvalue weighted by Crippen LogP contribution is 2.33. The molecular formula is C16H17Cl2N5O2. The van der Waals surface area contributed by atoms with Crippen LogP contribution in [-0.4, -0.2) is 47.3 Å². The Bertz CT molecular complexity index is 760. The van der Waals surface area contributed by atoms with Gasteiger partial charge in [-0.3, -0.25) is 0 Å². The quantitative estimate of drug-likeness (QED) is 0.874. The monoisotopic (exact) mass is 381 g/mol. The summed E-state index contributed by atoms with van der Waals surface area (Å²) in [4.78, 5) is 6.70. The van der Waals surface area contributed by atoms with E-state index in [-0.39, 0.29) is 0 Å². The topological polar surface area (TPSA) is 72.4 Å². The summed E-state index contributed by atoms with van der Waals surface area (Å²) in [5.41, 5.74) is 0.749. The number of hydrogen-bond donors (Lipinski definition) is 1. The third-order valence-electron chi connectivity index (χ3n) is 4.38. The Labute approximate surface area is 155 Å². The lowest BCUT2D eigenvalue weighted by Crippen LogP contribution is -2.45. The lowest BCUT2D eigenvalue weighted by atomic mass is 10.0. The first kappa shape index (κ1) is 16.8. The molecule has 25 heavy (non-hydrogen) atoms. The van der Waals surface area contributed by atoms with Crippen LogP contribution in [0.2, 0.25) is 10.0 Å². The van der Waals surface area contributed by atoms with Gasteiger partial charge in [-0.05, 0) is 18.2 Å². The Morgan fingerprint density at radius 2 is 1.84 bits per heavy atom. The standard InChI is InChI=1S/C16H17Cl2N5O2/c17-12-2-1-11(9-13(12)18)20-15-21-14(10-19-22-15)23-5-3-16(4-6-23)24-7-8-25-16/h1-2,9-10H,3-8H2,(H,20,21,22). The van der Waals surface area contributed by atoms with Crippen LogP contribution in [0.1, 0.15) is 12.8 Å². The highest BCUT2D eigenvalue weighted by molar-refractivity contribution is 6.42. The Hall–Kier alpha value is -1.67. The van der Waals surface area contributed by atoms with E-state index in [9.17, 15) is 0 Å². The summed E-state index contributed by atoms with van der Waals surface area (Å²) in [6.45, 7) is 2.94. The molecule has 1 N–H and O–H groups in total. The van der Waals surface area contributed by atoms with Crippen molar-refractivity contribution in [3.8, 4) is 0 Å². The Morgan fingerprint density at radius 1 is 1.08 bits per heavy atom. The molecule has 0 saturated carbocycles. The molecule has 2 aliphatic heterocycles. The van der Waals surface area contributed by atoms with Crippen molar-refractivity contribution < 1.29 is 9.47 Å². The van der Waals surface area contributed by atoms with Crippen molar-refractivity contribution in [3.63, 3.8) is 0 Å². The molecule has 1 spiro atoms. The molecule has 2 aromatic rings. The minimum Gasteiger partial charge on any atom is -0.355 e. The zero-order valence-corrected chi connectivity index (χ0v) is 14.9. The van der Waals surface area contributed by atoms with Gasteiger partial charge in [0.05, 0.1) is 29.5 Å². The van der Waals surface area contributed by atoms with Crippen LogP contribution in [-0.2, 0) is 9.47 Å². The molecule has 1 aromatic carbocycles. The summed E-state index contributed by atoms with van der Waals surface area (Å²) < 4.78 is 11.5. The summed E-state index contributed by atoms with van der Waals surface area (Å²) in [5, 5.41) is 12.1. The smallest absolute Gasteiger partial charge is 0.249 e. The normalized spacial score (nSPS) is 19.4. The van der Waals surface area contributed by atoms with Gasteiger partial charge in [0.15, 0.2) is 11.6 Å². The molecule has 2 fully saturated rings. The summed E-state index contributed by atoms with van der Waals surface area (Å²) in [7, 11) is 0. The van der Waals surface area contributed by atoms with Crippen LogP contribution in [0, 0.1) is 0 Å². The van der Waals surface area contributed by atoms with Gasteiger partial charge in [-0.2, -0.15) is 10.1 Å². The van der Waals surface area contributed by atoms with Crippen molar-refractivity contribution in [2.75, 3.05) is 36.5 Å². The number of anilines is 3. The number of piperidine rings is 1. The van der Waals surface area contributed by atoms with Crippen molar-refractivity contribution >= 4 is 40.7 Å². The molecule has 1 aromatic heterocycles. The molecule has 0 bridgehead atoms. The van der Waals surface area contributed by atoms with Crippen molar-refractivity contribution in [3.05, 3.63) is 34.4 Å². The summed E-state index contributed by atoms with van der Waals surface area (Å²) in [5.74, 6) is 0.771. The Morgan fingerprint density at radius 3 is 2.56 bits per heavy atom. The zero-order valence-electron chi connectivity index (χ0n) is 13.4. The second-order valence-electron chi connectivity index (χ2n) is 5.99. The van der Waals surface area contributed by atoms with E-state index in [1.54, 1.807) is 18.3 Å². The third kappa shape index (κ3) is 3.64. The van der Waals surface area contributed by atoms with E-state index < -0.39 is 5.79 Å². The van der Waals surface area contributed by atoms with Crippen LogP contribution in [0.4, 0.5) is 17.5 Å². The molecule has 2 saturated heterocycles. The molecule has 9 heteroatoms.